The van der Waals surface area contributed by atoms with Crippen LogP contribution in [0.1, 0.15) is 48.6 Å². The monoisotopic (exact) mass is 448 g/mol. The van der Waals surface area contributed by atoms with Crippen LogP contribution in [0.25, 0.3) is 10.2 Å². The SMILES string of the molecule is NC(=O)c1sc2ncccc2c1[C@@H]1CCN(C(=O)c2csc(Cc3ccccc3)n2)C1. The minimum Gasteiger partial charge on any atom is -0.365 e. The number of fused-ring (bicyclic) bond motifs is 1. The lowest BCUT2D eigenvalue weighted by molar-refractivity contribution is 0.0785. The second kappa shape index (κ2) is 8.20. The molecule has 0 unspecified atom stereocenters. The molecule has 1 atom stereocenters. The van der Waals surface area contributed by atoms with Gasteiger partial charge in [0.25, 0.3) is 11.8 Å². The van der Waals surface area contributed by atoms with E-state index >= 15 is 0 Å². The van der Waals surface area contributed by atoms with Crippen LogP contribution in [0.4, 0.5) is 0 Å². The first-order chi connectivity index (χ1) is 15.1. The Labute approximate surface area is 187 Å². The van der Waals surface area contributed by atoms with Crippen molar-refractivity contribution in [2.24, 2.45) is 5.73 Å². The molecule has 31 heavy (non-hydrogen) atoms. The van der Waals surface area contributed by atoms with E-state index in [1.807, 2.05) is 40.6 Å². The molecule has 1 fully saturated rings. The van der Waals surface area contributed by atoms with E-state index in [9.17, 15) is 9.59 Å². The van der Waals surface area contributed by atoms with Crippen LogP contribution in [0.3, 0.4) is 0 Å². The molecule has 1 saturated heterocycles. The van der Waals surface area contributed by atoms with Gasteiger partial charge in [0.15, 0.2) is 0 Å². The molecule has 0 radical (unpaired) electrons. The van der Waals surface area contributed by atoms with Crippen molar-refractivity contribution in [3.63, 3.8) is 0 Å². The maximum Gasteiger partial charge on any atom is 0.273 e. The number of carbonyl (C=O) groups excluding carboxylic acids is 2. The number of nitrogens with two attached hydrogens (primary N) is 1. The van der Waals surface area contributed by atoms with Crippen LogP contribution in [0, 0.1) is 0 Å². The Morgan fingerprint density at radius 1 is 1.16 bits per heavy atom. The number of hydrogen-bond acceptors (Lipinski definition) is 6. The summed E-state index contributed by atoms with van der Waals surface area (Å²) in [4.78, 5) is 37.3. The second-order valence-corrected chi connectivity index (χ2v) is 9.53. The quantitative estimate of drug-likeness (QED) is 0.498. The van der Waals surface area contributed by atoms with Gasteiger partial charge >= 0.3 is 0 Å². The fraction of sp³-hybridized carbons (Fsp3) is 0.217. The first-order valence-corrected chi connectivity index (χ1v) is 11.7. The molecule has 0 spiro atoms. The maximum atomic E-state index is 13.1. The molecule has 0 bridgehead atoms. The number of benzene rings is 1. The molecule has 1 aliphatic heterocycles. The Morgan fingerprint density at radius 2 is 2.00 bits per heavy atom. The molecule has 0 saturated carbocycles. The number of aromatic nitrogens is 2. The van der Waals surface area contributed by atoms with Crippen molar-refractivity contribution in [3.8, 4) is 0 Å². The highest BCUT2D eigenvalue weighted by Crippen LogP contribution is 2.39. The summed E-state index contributed by atoms with van der Waals surface area (Å²) in [5.41, 5.74) is 8.25. The Kier molecular flexibility index (Phi) is 5.25. The van der Waals surface area contributed by atoms with E-state index in [2.05, 4.69) is 22.1 Å². The predicted octanol–water partition coefficient (Wildman–Crippen LogP) is 4.07. The number of primary amides is 1. The van der Waals surface area contributed by atoms with Crippen LogP contribution >= 0.6 is 22.7 Å². The van der Waals surface area contributed by atoms with Crippen LogP contribution < -0.4 is 5.73 Å². The van der Waals surface area contributed by atoms with Crippen LogP contribution in [0.2, 0.25) is 0 Å². The van der Waals surface area contributed by atoms with Crippen LogP contribution in [-0.2, 0) is 6.42 Å². The number of carbonyl (C=O) groups is 2. The highest BCUT2D eigenvalue weighted by Gasteiger charge is 2.33. The summed E-state index contributed by atoms with van der Waals surface area (Å²) in [6.07, 6.45) is 3.22. The lowest BCUT2D eigenvalue weighted by Gasteiger charge is -2.15. The van der Waals surface area contributed by atoms with Crippen molar-refractivity contribution in [1.82, 2.24) is 14.9 Å². The Hall–Kier alpha value is -3.10. The van der Waals surface area contributed by atoms with Gasteiger partial charge in [-0.3, -0.25) is 9.59 Å². The van der Waals surface area contributed by atoms with Gasteiger partial charge in [0.1, 0.15) is 10.5 Å². The fourth-order valence-electron chi connectivity index (χ4n) is 4.14. The molecular formula is C23H20N4O2S2. The molecule has 0 aliphatic carbocycles. The van der Waals surface area contributed by atoms with Gasteiger partial charge in [0, 0.05) is 42.4 Å². The first-order valence-electron chi connectivity index (χ1n) is 10.0. The average Bonchev–Trinajstić information content (AvgIpc) is 3.52. The lowest BCUT2D eigenvalue weighted by Crippen LogP contribution is -2.29. The summed E-state index contributed by atoms with van der Waals surface area (Å²) >= 11 is 2.84. The number of likely N-dealkylation sites (tertiary alicyclic amines) is 1. The number of nitrogens with zero attached hydrogens (tertiary/aromatic N) is 3. The number of hydrogen-bond donors (Lipinski definition) is 1. The molecule has 1 aliphatic rings. The summed E-state index contributed by atoms with van der Waals surface area (Å²) in [5.74, 6) is -0.434. The van der Waals surface area contributed by atoms with Crippen molar-refractivity contribution in [2.45, 2.75) is 18.8 Å². The van der Waals surface area contributed by atoms with E-state index in [0.29, 0.717) is 23.7 Å². The van der Waals surface area contributed by atoms with Crippen LogP contribution in [0.15, 0.2) is 54.0 Å². The average molecular weight is 449 g/mol. The van der Waals surface area contributed by atoms with Gasteiger partial charge in [-0.15, -0.1) is 22.7 Å². The molecule has 5 rings (SSSR count). The van der Waals surface area contributed by atoms with Gasteiger partial charge in [-0.05, 0) is 23.6 Å². The summed E-state index contributed by atoms with van der Waals surface area (Å²) in [6, 6.07) is 14.0. The summed E-state index contributed by atoms with van der Waals surface area (Å²) in [6.45, 7) is 1.18. The highest BCUT2D eigenvalue weighted by molar-refractivity contribution is 7.20. The Bertz CT molecular complexity index is 1270. The van der Waals surface area contributed by atoms with Gasteiger partial charge in [0.2, 0.25) is 0 Å². The Balaban J connectivity index is 1.35. The zero-order chi connectivity index (χ0) is 21.4. The van der Waals surface area contributed by atoms with Crippen molar-refractivity contribution < 1.29 is 9.59 Å². The number of thiazole rings is 1. The smallest absolute Gasteiger partial charge is 0.273 e. The minimum absolute atomic E-state index is 0.0589. The number of amides is 2. The third kappa shape index (κ3) is 3.84. The van der Waals surface area contributed by atoms with Gasteiger partial charge in [0.05, 0.1) is 9.88 Å². The molecule has 6 nitrogen and oxygen atoms in total. The highest BCUT2D eigenvalue weighted by atomic mass is 32.1. The van der Waals surface area contributed by atoms with E-state index in [0.717, 1.165) is 33.6 Å². The van der Waals surface area contributed by atoms with E-state index in [1.54, 1.807) is 6.20 Å². The molecule has 2 N–H and O–H groups in total. The Morgan fingerprint density at radius 3 is 2.81 bits per heavy atom. The van der Waals surface area contributed by atoms with Crippen LogP contribution in [-0.4, -0.2) is 39.8 Å². The first kappa shape index (κ1) is 19.8. The van der Waals surface area contributed by atoms with Crippen LogP contribution in [0.5, 0.6) is 0 Å². The van der Waals surface area contributed by atoms with E-state index in [4.69, 9.17) is 5.73 Å². The molecular weight excluding hydrogens is 428 g/mol. The number of thiophene rings is 1. The summed E-state index contributed by atoms with van der Waals surface area (Å²) in [5, 5.41) is 3.72. The number of rotatable bonds is 5. The lowest BCUT2D eigenvalue weighted by atomic mass is 9.95. The minimum atomic E-state index is -0.437. The molecule has 3 aromatic heterocycles. The van der Waals surface area contributed by atoms with Gasteiger partial charge < -0.3 is 10.6 Å². The molecule has 8 heteroatoms. The summed E-state index contributed by atoms with van der Waals surface area (Å²) < 4.78 is 0. The van der Waals surface area contributed by atoms with Gasteiger partial charge in [-0.2, -0.15) is 0 Å². The fourth-order valence-corrected chi connectivity index (χ4v) is 6.03. The second-order valence-electron chi connectivity index (χ2n) is 7.59. The zero-order valence-electron chi connectivity index (χ0n) is 16.7. The predicted molar refractivity (Wildman–Crippen MR) is 123 cm³/mol. The maximum absolute atomic E-state index is 13.1. The molecule has 156 valence electrons. The van der Waals surface area contributed by atoms with Crippen molar-refractivity contribution in [2.75, 3.05) is 13.1 Å². The van der Waals surface area contributed by atoms with Gasteiger partial charge in [-0.25, -0.2) is 9.97 Å². The largest absolute Gasteiger partial charge is 0.365 e. The van der Waals surface area contributed by atoms with E-state index in [-0.39, 0.29) is 11.8 Å². The standard InChI is InChI=1S/C23H20N4O2S2/c24-21(28)20-19(16-7-4-9-25-22(16)31-20)15-8-10-27(12-15)23(29)17-13-30-18(26-17)11-14-5-2-1-3-6-14/h1-7,9,13,15H,8,10-12H2,(H2,24,28)/t15-/m1/s1. The van der Waals surface area contributed by atoms with E-state index in [1.165, 1.54) is 28.2 Å². The molecule has 4 heterocycles. The van der Waals surface area contributed by atoms with E-state index < -0.39 is 5.91 Å². The molecule has 2 amide bonds. The number of pyridine rings is 1. The van der Waals surface area contributed by atoms with Crippen molar-refractivity contribution in [3.05, 3.63) is 80.7 Å². The zero-order valence-corrected chi connectivity index (χ0v) is 18.3. The third-order valence-electron chi connectivity index (χ3n) is 5.58. The third-order valence-corrected chi connectivity index (χ3v) is 7.57. The van der Waals surface area contributed by atoms with Crippen molar-refractivity contribution in [1.29, 1.82) is 0 Å². The molecule has 1 aromatic carbocycles. The van der Waals surface area contributed by atoms with Gasteiger partial charge in [-0.1, -0.05) is 36.4 Å². The normalized spacial score (nSPS) is 16.1. The molecule has 4 aromatic rings. The topological polar surface area (TPSA) is 89.2 Å². The summed E-state index contributed by atoms with van der Waals surface area (Å²) in [7, 11) is 0. The van der Waals surface area contributed by atoms with Crippen molar-refractivity contribution >= 4 is 44.7 Å².